The van der Waals surface area contributed by atoms with Crippen LogP contribution in [0.4, 0.5) is 4.39 Å². The van der Waals surface area contributed by atoms with E-state index in [0.29, 0.717) is 32.7 Å². The fourth-order valence-electron chi connectivity index (χ4n) is 3.14. The number of carboxylic acids is 1. The number of benzene rings is 3. The second-order valence-corrected chi connectivity index (χ2v) is 9.22. The Bertz CT molecular complexity index is 1040. The summed E-state index contributed by atoms with van der Waals surface area (Å²) in [5, 5.41) is 10.2. The summed E-state index contributed by atoms with van der Waals surface area (Å²) in [7, 11) is -2.79. The molecule has 0 aliphatic heterocycles. The second kappa shape index (κ2) is 7.09. The SMILES string of the molecule is O=C(O)Cc1cc(Oc2ccc(S(O)(O)C3CC3)cc2)c2cc(F)ccc2c1. The van der Waals surface area contributed by atoms with Crippen LogP contribution >= 0.6 is 10.6 Å². The molecule has 7 heteroatoms. The monoisotopic (exact) mass is 402 g/mol. The summed E-state index contributed by atoms with van der Waals surface area (Å²) in [6, 6.07) is 14.0. The van der Waals surface area contributed by atoms with Gasteiger partial charge in [0.15, 0.2) is 0 Å². The minimum absolute atomic E-state index is 0.0705. The molecule has 0 heterocycles. The third-order valence-electron chi connectivity index (χ3n) is 4.68. The molecule has 5 nitrogen and oxygen atoms in total. The Morgan fingerprint density at radius 2 is 1.79 bits per heavy atom. The largest absolute Gasteiger partial charge is 0.481 e. The highest BCUT2D eigenvalue weighted by Gasteiger charge is 2.36. The molecule has 3 aromatic carbocycles. The van der Waals surface area contributed by atoms with Gasteiger partial charge < -0.3 is 9.84 Å². The molecule has 0 radical (unpaired) electrons. The molecule has 0 saturated heterocycles. The quantitative estimate of drug-likeness (QED) is 0.494. The van der Waals surface area contributed by atoms with E-state index in [9.17, 15) is 18.3 Å². The molecule has 4 rings (SSSR count). The third kappa shape index (κ3) is 3.82. The van der Waals surface area contributed by atoms with Gasteiger partial charge >= 0.3 is 5.97 Å². The fraction of sp³-hybridized carbons (Fsp3) is 0.190. The van der Waals surface area contributed by atoms with Crippen LogP contribution in [-0.2, 0) is 11.2 Å². The van der Waals surface area contributed by atoms with Crippen molar-refractivity contribution in [1.29, 1.82) is 0 Å². The first-order valence-corrected chi connectivity index (χ1v) is 10.4. The first kappa shape index (κ1) is 18.7. The Balaban J connectivity index is 1.68. The van der Waals surface area contributed by atoms with Crippen molar-refractivity contribution >= 4 is 27.3 Å². The molecule has 146 valence electrons. The van der Waals surface area contributed by atoms with E-state index < -0.39 is 22.4 Å². The Labute approximate surface area is 162 Å². The van der Waals surface area contributed by atoms with Gasteiger partial charge in [0.2, 0.25) is 0 Å². The number of hydrogen-bond donors (Lipinski definition) is 3. The zero-order chi connectivity index (χ0) is 19.9. The molecule has 0 aromatic heterocycles. The van der Waals surface area contributed by atoms with Crippen LogP contribution in [0.25, 0.3) is 10.8 Å². The lowest BCUT2D eigenvalue weighted by atomic mass is 10.0. The smallest absolute Gasteiger partial charge is 0.307 e. The van der Waals surface area contributed by atoms with Crippen LogP contribution in [0.15, 0.2) is 59.5 Å². The van der Waals surface area contributed by atoms with Crippen molar-refractivity contribution in [2.45, 2.75) is 29.4 Å². The molecular formula is C21H19FO5S. The number of hydrogen-bond acceptors (Lipinski definition) is 4. The Kier molecular flexibility index (Phi) is 4.74. The number of fused-ring (bicyclic) bond motifs is 1. The molecule has 28 heavy (non-hydrogen) atoms. The van der Waals surface area contributed by atoms with E-state index in [-0.39, 0.29) is 11.7 Å². The molecule has 3 aromatic rings. The van der Waals surface area contributed by atoms with Gasteiger partial charge in [0.05, 0.1) is 16.6 Å². The van der Waals surface area contributed by atoms with Crippen LogP contribution in [0, 0.1) is 5.82 Å². The van der Waals surface area contributed by atoms with Gasteiger partial charge in [-0.1, -0.05) is 12.1 Å². The number of halogens is 1. The molecule has 1 aliphatic carbocycles. The van der Waals surface area contributed by atoms with Gasteiger partial charge in [-0.2, -0.15) is 10.6 Å². The standard InChI is InChI=1S/C21H19FO5S/c22-15-2-1-14-9-13(11-21(23)24)10-20(19(14)12-15)27-16-3-5-17(6-4-16)28(25,26)18-7-8-18/h1-6,9-10,12,18,25-26H,7-8,11H2,(H,23,24). The maximum absolute atomic E-state index is 13.7. The lowest BCUT2D eigenvalue weighted by Gasteiger charge is -2.32. The molecule has 3 N–H and O–H groups in total. The van der Waals surface area contributed by atoms with Crippen molar-refractivity contribution in [3.63, 3.8) is 0 Å². The zero-order valence-electron chi connectivity index (χ0n) is 14.8. The van der Waals surface area contributed by atoms with E-state index in [0.717, 1.165) is 12.8 Å². The number of aliphatic carboxylic acids is 1. The van der Waals surface area contributed by atoms with Crippen LogP contribution in [0.2, 0.25) is 0 Å². The highest BCUT2D eigenvalue weighted by atomic mass is 32.3. The van der Waals surface area contributed by atoms with Crippen molar-refractivity contribution < 1.29 is 28.1 Å². The average Bonchev–Trinajstić information content (AvgIpc) is 3.48. The first-order valence-electron chi connectivity index (χ1n) is 8.82. The van der Waals surface area contributed by atoms with Gasteiger partial charge in [-0.25, -0.2) is 4.39 Å². The van der Waals surface area contributed by atoms with Gasteiger partial charge in [-0.3, -0.25) is 13.9 Å². The van der Waals surface area contributed by atoms with Crippen molar-refractivity contribution in [2.75, 3.05) is 0 Å². The highest BCUT2D eigenvalue weighted by molar-refractivity contribution is 8.25. The molecule has 0 atom stereocenters. The Morgan fingerprint density at radius 3 is 2.43 bits per heavy atom. The van der Waals surface area contributed by atoms with Gasteiger partial charge in [0.1, 0.15) is 17.3 Å². The highest BCUT2D eigenvalue weighted by Crippen LogP contribution is 2.61. The summed E-state index contributed by atoms with van der Waals surface area (Å²) < 4.78 is 40.2. The molecule has 0 bridgehead atoms. The van der Waals surface area contributed by atoms with Crippen molar-refractivity contribution in [1.82, 2.24) is 0 Å². The van der Waals surface area contributed by atoms with Gasteiger partial charge in [0.25, 0.3) is 0 Å². The summed E-state index contributed by atoms with van der Waals surface area (Å²) in [6.07, 6.45) is 1.45. The van der Waals surface area contributed by atoms with E-state index in [1.54, 1.807) is 42.5 Å². The molecule has 0 amide bonds. The number of rotatable bonds is 6. The summed E-state index contributed by atoms with van der Waals surface area (Å²) >= 11 is 0. The maximum Gasteiger partial charge on any atom is 0.307 e. The second-order valence-electron chi connectivity index (χ2n) is 6.90. The van der Waals surface area contributed by atoms with Crippen LogP contribution in [-0.4, -0.2) is 25.4 Å². The third-order valence-corrected chi connectivity index (χ3v) is 7.05. The zero-order valence-corrected chi connectivity index (χ0v) is 15.7. The van der Waals surface area contributed by atoms with Gasteiger partial charge in [0, 0.05) is 5.39 Å². The molecular weight excluding hydrogens is 383 g/mol. The van der Waals surface area contributed by atoms with Crippen LogP contribution in [0.3, 0.4) is 0 Å². The molecule has 0 spiro atoms. The van der Waals surface area contributed by atoms with E-state index in [1.165, 1.54) is 12.1 Å². The van der Waals surface area contributed by atoms with Gasteiger partial charge in [-0.15, -0.1) is 0 Å². The Hall–Kier alpha value is -2.61. The molecule has 1 fully saturated rings. The lowest BCUT2D eigenvalue weighted by molar-refractivity contribution is -0.136. The number of carbonyl (C=O) groups is 1. The predicted molar refractivity (Wildman–Crippen MR) is 106 cm³/mol. The lowest BCUT2D eigenvalue weighted by Crippen LogP contribution is -2.03. The summed E-state index contributed by atoms with van der Waals surface area (Å²) in [4.78, 5) is 11.5. The Morgan fingerprint density at radius 1 is 1.07 bits per heavy atom. The number of ether oxygens (including phenoxy) is 1. The van der Waals surface area contributed by atoms with Crippen molar-refractivity contribution in [2.24, 2.45) is 0 Å². The van der Waals surface area contributed by atoms with Crippen LogP contribution in [0.5, 0.6) is 11.5 Å². The topological polar surface area (TPSA) is 87.0 Å². The van der Waals surface area contributed by atoms with E-state index in [4.69, 9.17) is 9.84 Å². The average molecular weight is 402 g/mol. The summed E-state index contributed by atoms with van der Waals surface area (Å²) in [5.41, 5.74) is 0.543. The predicted octanol–water partition coefficient (Wildman–Crippen LogP) is 5.67. The normalized spacial score (nSPS) is 14.8. The fourth-order valence-corrected chi connectivity index (χ4v) is 4.86. The van der Waals surface area contributed by atoms with Crippen LogP contribution in [0.1, 0.15) is 18.4 Å². The van der Waals surface area contributed by atoms with E-state index in [2.05, 4.69) is 0 Å². The number of carboxylic acid groups (broad SMARTS) is 1. The van der Waals surface area contributed by atoms with Gasteiger partial charge in [-0.05, 0) is 66.3 Å². The minimum Gasteiger partial charge on any atom is -0.481 e. The summed E-state index contributed by atoms with van der Waals surface area (Å²) in [6.45, 7) is 0. The molecule has 1 aliphatic rings. The molecule has 1 saturated carbocycles. The van der Waals surface area contributed by atoms with Crippen LogP contribution < -0.4 is 4.74 Å². The van der Waals surface area contributed by atoms with E-state index in [1.807, 2.05) is 0 Å². The molecule has 0 unspecified atom stereocenters. The van der Waals surface area contributed by atoms with Crippen molar-refractivity contribution in [3.05, 3.63) is 66.0 Å². The van der Waals surface area contributed by atoms with E-state index >= 15 is 0 Å². The van der Waals surface area contributed by atoms with Crippen molar-refractivity contribution in [3.8, 4) is 11.5 Å². The minimum atomic E-state index is -2.79. The first-order chi connectivity index (χ1) is 13.3. The maximum atomic E-state index is 13.7. The summed E-state index contributed by atoms with van der Waals surface area (Å²) in [5.74, 6) is -0.610.